The van der Waals surface area contributed by atoms with E-state index < -0.39 is 0 Å². The molecular weight excluding hydrogens is 224 g/mol. The zero-order chi connectivity index (χ0) is 12.6. The molecule has 3 nitrogen and oxygen atoms in total. The van der Waals surface area contributed by atoms with Crippen molar-refractivity contribution >= 4 is 11.6 Å². The van der Waals surface area contributed by atoms with E-state index in [0.717, 1.165) is 44.6 Å². The van der Waals surface area contributed by atoms with Crippen molar-refractivity contribution in [3.8, 4) is 0 Å². The molecule has 0 aromatic heterocycles. The first-order valence-electron chi connectivity index (χ1n) is 6.87. The van der Waals surface area contributed by atoms with Gasteiger partial charge in [-0.05, 0) is 37.4 Å². The molecule has 0 aliphatic carbocycles. The van der Waals surface area contributed by atoms with Crippen molar-refractivity contribution < 1.29 is 4.79 Å². The van der Waals surface area contributed by atoms with E-state index in [1.807, 2.05) is 11.0 Å². The van der Waals surface area contributed by atoms with Gasteiger partial charge in [0.05, 0.1) is 5.41 Å². The van der Waals surface area contributed by atoms with Gasteiger partial charge in [-0.1, -0.05) is 25.1 Å². The third-order valence-corrected chi connectivity index (χ3v) is 4.20. The van der Waals surface area contributed by atoms with E-state index in [0.29, 0.717) is 5.91 Å². The SMILES string of the molecule is CCCN1C(=O)[C@@]2(CCNC2)Cc2ccccc21. The summed E-state index contributed by atoms with van der Waals surface area (Å²) < 4.78 is 0. The Morgan fingerprint density at radius 2 is 2.22 bits per heavy atom. The Morgan fingerprint density at radius 1 is 1.39 bits per heavy atom. The number of benzene rings is 1. The van der Waals surface area contributed by atoms with E-state index in [9.17, 15) is 4.79 Å². The molecule has 0 unspecified atom stereocenters. The number of hydrogen-bond acceptors (Lipinski definition) is 2. The Bertz CT molecular complexity index is 463. The van der Waals surface area contributed by atoms with Gasteiger partial charge in [0.15, 0.2) is 0 Å². The summed E-state index contributed by atoms with van der Waals surface area (Å²) in [5.41, 5.74) is 2.28. The maximum atomic E-state index is 12.8. The quantitative estimate of drug-likeness (QED) is 0.862. The second-order valence-electron chi connectivity index (χ2n) is 5.47. The summed E-state index contributed by atoms with van der Waals surface area (Å²) in [6.45, 7) is 4.76. The summed E-state index contributed by atoms with van der Waals surface area (Å²) in [5.74, 6) is 0.327. The second kappa shape index (κ2) is 4.39. The predicted octanol–water partition coefficient (Wildman–Crippen LogP) is 1.97. The molecule has 2 aliphatic heterocycles. The molecular formula is C15H20N2O. The van der Waals surface area contributed by atoms with Crippen molar-refractivity contribution in [3.05, 3.63) is 29.8 Å². The third-order valence-electron chi connectivity index (χ3n) is 4.20. The van der Waals surface area contributed by atoms with E-state index in [2.05, 4.69) is 30.4 Å². The number of nitrogens with zero attached hydrogens (tertiary/aromatic N) is 1. The number of rotatable bonds is 2. The predicted molar refractivity (Wildman–Crippen MR) is 72.7 cm³/mol. The van der Waals surface area contributed by atoms with Crippen LogP contribution in [0.5, 0.6) is 0 Å². The van der Waals surface area contributed by atoms with E-state index in [-0.39, 0.29) is 5.41 Å². The normalized spacial score (nSPS) is 26.7. The average Bonchev–Trinajstić information content (AvgIpc) is 2.85. The molecule has 1 amide bonds. The van der Waals surface area contributed by atoms with Crippen molar-refractivity contribution in [2.24, 2.45) is 5.41 Å². The topological polar surface area (TPSA) is 32.3 Å². The molecule has 1 aromatic carbocycles. The van der Waals surface area contributed by atoms with Gasteiger partial charge in [-0.3, -0.25) is 4.79 Å². The van der Waals surface area contributed by atoms with Crippen LogP contribution in [-0.2, 0) is 11.2 Å². The minimum atomic E-state index is -0.177. The lowest BCUT2D eigenvalue weighted by Gasteiger charge is -2.40. The summed E-state index contributed by atoms with van der Waals surface area (Å²) in [5, 5.41) is 3.36. The van der Waals surface area contributed by atoms with E-state index in [4.69, 9.17) is 0 Å². The van der Waals surface area contributed by atoms with Gasteiger partial charge in [-0.15, -0.1) is 0 Å². The zero-order valence-electron chi connectivity index (χ0n) is 10.9. The minimum Gasteiger partial charge on any atom is -0.316 e. The number of carbonyl (C=O) groups is 1. The number of para-hydroxylation sites is 1. The molecule has 0 radical (unpaired) electrons. The number of anilines is 1. The molecule has 3 rings (SSSR count). The van der Waals surface area contributed by atoms with Crippen molar-refractivity contribution in [1.82, 2.24) is 5.32 Å². The highest BCUT2D eigenvalue weighted by atomic mass is 16.2. The smallest absolute Gasteiger partial charge is 0.234 e. The molecule has 0 bridgehead atoms. The maximum absolute atomic E-state index is 12.8. The largest absolute Gasteiger partial charge is 0.316 e. The van der Waals surface area contributed by atoms with Crippen LogP contribution in [-0.4, -0.2) is 25.5 Å². The number of fused-ring (bicyclic) bond motifs is 1. The Kier molecular flexibility index (Phi) is 2.86. The first-order chi connectivity index (χ1) is 8.77. The van der Waals surface area contributed by atoms with Crippen LogP contribution in [0.25, 0.3) is 0 Å². The Hall–Kier alpha value is -1.35. The van der Waals surface area contributed by atoms with Gasteiger partial charge in [-0.25, -0.2) is 0 Å². The molecule has 1 spiro atoms. The number of nitrogens with one attached hydrogen (secondary N) is 1. The molecule has 0 saturated carbocycles. The highest BCUT2D eigenvalue weighted by Crippen LogP contribution is 2.41. The Morgan fingerprint density at radius 3 is 2.94 bits per heavy atom. The standard InChI is InChI=1S/C15H20N2O/c1-2-9-17-13-6-4-3-5-12(13)10-15(14(17)18)7-8-16-11-15/h3-6,16H,2,7-11H2,1H3/t15-/m0/s1. The molecule has 1 fully saturated rings. The van der Waals surface area contributed by atoms with Crippen LogP contribution in [0.3, 0.4) is 0 Å². The number of hydrogen-bond donors (Lipinski definition) is 1. The van der Waals surface area contributed by atoms with Crippen molar-refractivity contribution in [3.63, 3.8) is 0 Å². The first kappa shape index (κ1) is 11.7. The molecule has 1 aromatic rings. The number of amides is 1. The van der Waals surface area contributed by atoms with Crippen molar-refractivity contribution in [1.29, 1.82) is 0 Å². The molecule has 2 aliphatic rings. The number of carbonyl (C=O) groups excluding carboxylic acids is 1. The lowest BCUT2D eigenvalue weighted by molar-refractivity contribution is -0.127. The van der Waals surface area contributed by atoms with Crippen LogP contribution in [0.4, 0.5) is 5.69 Å². The summed E-state index contributed by atoms with van der Waals surface area (Å²) in [6.07, 6.45) is 2.87. The highest BCUT2D eigenvalue weighted by molar-refractivity contribution is 6.01. The Balaban J connectivity index is 2.04. The monoisotopic (exact) mass is 244 g/mol. The van der Waals surface area contributed by atoms with Gasteiger partial charge in [0.25, 0.3) is 0 Å². The summed E-state index contributed by atoms with van der Waals surface area (Å²) >= 11 is 0. The zero-order valence-corrected chi connectivity index (χ0v) is 10.9. The van der Waals surface area contributed by atoms with Gasteiger partial charge in [0, 0.05) is 18.8 Å². The highest BCUT2D eigenvalue weighted by Gasteiger charge is 2.47. The minimum absolute atomic E-state index is 0.177. The van der Waals surface area contributed by atoms with Crippen LogP contribution < -0.4 is 10.2 Å². The summed E-state index contributed by atoms with van der Waals surface area (Å²) in [4.78, 5) is 14.8. The van der Waals surface area contributed by atoms with Crippen LogP contribution in [0.1, 0.15) is 25.3 Å². The molecule has 1 atom stereocenters. The average molecular weight is 244 g/mol. The van der Waals surface area contributed by atoms with Gasteiger partial charge in [0.2, 0.25) is 5.91 Å². The van der Waals surface area contributed by atoms with E-state index >= 15 is 0 Å². The summed E-state index contributed by atoms with van der Waals surface area (Å²) in [7, 11) is 0. The van der Waals surface area contributed by atoms with Gasteiger partial charge < -0.3 is 10.2 Å². The van der Waals surface area contributed by atoms with Gasteiger partial charge in [0.1, 0.15) is 0 Å². The van der Waals surface area contributed by atoms with Gasteiger partial charge >= 0.3 is 0 Å². The fraction of sp³-hybridized carbons (Fsp3) is 0.533. The molecule has 18 heavy (non-hydrogen) atoms. The van der Waals surface area contributed by atoms with Crippen LogP contribution >= 0.6 is 0 Å². The Labute approximate surface area is 108 Å². The van der Waals surface area contributed by atoms with Gasteiger partial charge in [-0.2, -0.15) is 0 Å². The first-order valence-corrected chi connectivity index (χ1v) is 6.87. The molecule has 1 saturated heterocycles. The van der Waals surface area contributed by atoms with Crippen LogP contribution in [0.15, 0.2) is 24.3 Å². The molecule has 2 heterocycles. The third kappa shape index (κ3) is 1.65. The lowest BCUT2D eigenvalue weighted by Crippen LogP contribution is -2.50. The summed E-state index contributed by atoms with van der Waals surface area (Å²) in [6, 6.07) is 8.36. The van der Waals surface area contributed by atoms with Crippen molar-refractivity contribution in [2.45, 2.75) is 26.2 Å². The van der Waals surface area contributed by atoms with E-state index in [1.54, 1.807) is 0 Å². The fourth-order valence-electron chi connectivity index (χ4n) is 3.28. The molecule has 96 valence electrons. The van der Waals surface area contributed by atoms with Crippen LogP contribution in [0.2, 0.25) is 0 Å². The van der Waals surface area contributed by atoms with E-state index in [1.165, 1.54) is 5.56 Å². The second-order valence-corrected chi connectivity index (χ2v) is 5.47. The molecule has 3 heteroatoms. The lowest BCUT2D eigenvalue weighted by atomic mass is 9.76. The molecule has 1 N–H and O–H groups in total. The van der Waals surface area contributed by atoms with Crippen molar-refractivity contribution in [2.75, 3.05) is 24.5 Å². The fourth-order valence-corrected chi connectivity index (χ4v) is 3.28. The maximum Gasteiger partial charge on any atom is 0.234 e. The van der Waals surface area contributed by atoms with Crippen LogP contribution in [0, 0.1) is 5.41 Å².